The van der Waals surface area contributed by atoms with Crippen LogP contribution in [0, 0.1) is 11.3 Å². The molecule has 3 nitrogen and oxygen atoms in total. The maximum atomic E-state index is 11.9. The van der Waals surface area contributed by atoms with Crippen LogP contribution in [-0.4, -0.2) is 25.0 Å². The predicted octanol–water partition coefficient (Wildman–Crippen LogP) is 1.93. The van der Waals surface area contributed by atoms with Crippen molar-refractivity contribution in [3.63, 3.8) is 0 Å². The lowest BCUT2D eigenvalue weighted by Gasteiger charge is -2.31. The molecule has 1 aliphatic heterocycles. The van der Waals surface area contributed by atoms with Crippen LogP contribution >= 0.6 is 0 Å². The Morgan fingerprint density at radius 1 is 1.44 bits per heavy atom. The summed E-state index contributed by atoms with van der Waals surface area (Å²) in [4.78, 5) is 11.9. The third-order valence-electron chi connectivity index (χ3n) is 3.91. The lowest BCUT2D eigenvalue weighted by atomic mass is 9.81. The van der Waals surface area contributed by atoms with Crippen LogP contribution in [0.15, 0.2) is 0 Å². The van der Waals surface area contributed by atoms with Gasteiger partial charge in [-0.15, -0.1) is 0 Å². The Bertz CT molecular complexity index is 230. The highest BCUT2D eigenvalue weighted by Gasteiger charge is 2.25. The van der Waals surface area contributed by atoms with Gasteiger partial charge in [0.25, 0.3) is 0 Å². The van der Waals surface area contributed by atoms with E-state index in [0.717, 1.165) is 19.5 Å². The summed E-state index contributed by atoms with van der Waals surface area (Å²) >= 11 is 0. The number of amides is 1. The Labute approximate surface area is 99.4 Å². The van der Waals surface area contributed by atoms with Crippen LogP contribution in [0.3, 0.4) is 0 Å². The van der Waals surface area contributed by atoms with E-state index in [1.54, 1.807) is 0 Å². The standard InChI is InChI=1S/C13H26N2O/c1-10(2)13(3,4)9-15-12(16)11-7-5-6-8-14-11/h10-11,14H,5-9H2,1-4H3,(H,15,16)/t11-/m1/s1. The molecule has 0 aromatic carbocycles. The van der Waals surface area contributed by atoms with Gasteiger partial charge in [-0.2, -0.15) is 0 Å². The summed E-state index contributed by atoms with van der Waals surface area (Å²) in [5.74, 6) is 0.751. The fraction of sp³-hybridized carbons (Fsp3) is 0.923. The second-order valence-electron chi connectivity index (χ2n) is 5.86. The minimum atomic E-state index is 0.0386. The molecule has 0 bridgehead atoms. The van der Waals surface area contributed by atoms with E-state index in [0.29, 0.717) is 5.92 Å². The largest absolute Gasteiger partial charge is 0.354 e. The van der Waals surface area contributed by atoms with Gasteiger partial charge in [0.05, 0.1) is 6.04 Å². The van der Waals surface area contributed by atoms with Crippen molar-refractivity contribution < 1.29 is 4.79 Å². The van der Waals surface area contributed by atoms with E-state index in [1.807, 2.05) is 0 Å². The highest BCUT2D eigenvalue weighted by atomic mass is 16.2. The van der Waals surface area contributed by atoms with E-state index >= 15 is 0 Å². The Morgan fingerprint density at radius 2 is 2.12 bits per heavy atom. The summed E-state index contributed by atoms with van der Waals surface area (Å²) in [6, 6.07) is 0.0386. The van der Waals surface area contributed by atoms with Gasteiger partial charge in [0.1, 0.15) is 0 Å². The van der Waals surface area contributed by atoms with E-state index in [4.69, 9.17) is 0 Å². The molecule has 0 aromatic rings. The van der Waals surface area contributed by atoms with Crippen LogP contribution in [0.4, 0.5) is 0 Å². The summed E-state index contributed by atoms with van der Waals surface area (Å²) in [6.07, 6.45) is 3.34. The topological polar surface area (TPSA) is 41.1 Å². The van der Waals surface area contributed by atoms with Gasteiger partial charge in [-0.3, -0.25) is 4.79 Å². The van der Waals surface area contributed by atoms with Crippen molar-refractivity contribution in [2.75, 3.05) is 13.1 Å². The number of carbonyl (C=O) groups is 1. The van der Waals surface area contributed by atoms with Crippen LogP contribution in [0.5, 0.6) is 0 Å². The van der Waals surface area contributed by atoms with Gasteiger partial charge in [0.15, 0.2) is 0 Å². The molecule has 1 atom stereocenters. The number of hydrogen-bond acceptors (Lipinski definition) is 2. The molecule has 1 saturated heterocycles. The molecule has 2 N–H and O–H groups in total. The van der Waals surface area contributed by atoms with Gasteiger partial charge in [-0.1, -0.05) is 34.1 Å². The van der Waals surface area contributed by atoms with E-state index in [2.05, 4.69) is 38.3 Å². The van der Waals surface area contributed by atoms with Gasteiger partial charge in [0, 0.05) is 6.54 Å². The number of piperidine rings is 1. The number of rotatable bonds is 4. The van der Waals surface area contributed by atoms with E-state index in [9.17, 15) is 4.79 Å². The molecule has 0 unspecified atom stereocenters. The van der Waals surface area contributed by atoms with Crippen molar-refractivity contribution in [2.45, 2.75) is 53.0 Å². The van der Waals surface area contributed by atoms with Gasteiger partial charge in [0.2, 0.25) is 5.91 Å². The SMILES string of the molecule is CC(C)C(C)(C)CNC(=O)[C@H]1CCCCN1. The molecule has 0 saturated carbocycles. The predicted molar refractivity (Wildman–Crippen MR) is 67.3 cm³/mol. The zero-order chi connectivity index (χ0) is 12.2. The summed E-state index contributed by atoms with van der Waals surface area (Å²) in [6.45, 7) is 10.5. The van der Waals surface area contributed by atoms with Gasteiger partial charge in [-0.05, 0) is 30.7 Å². The Morgan fingerprint density at radius 3 is 2.62 bits per heavy atom. The molecule has 94 valence electrons. The Kier molecular flexibility index (Phi) is 4.78. The van der Waals surface area contributed by atoms with Crippen LogP contribution < -0.4 is 10.6 Å². The van der Waals surface area contributed by atoms with E-state index in [1.165, 1.54) is 12.8 Å². The molecule has 3 heteroatoms. The highest BCUT2D eigenvalue weighted by Crippen LogP contribution is 2.24. The van der Waals surface area contributed by atoms with Crippen LogP contribution in [0.2, 0.25) is 0 Å². The average molecular weight is 226 g/mol. The second kappa shape index (κ2) is 5.67. The van der Waals surface area contributed by atoms with Gasteiger partial charge < -0.3 is 10.6 Å². The van der Waals surface area contributed by atoms with Crippen molar-refractivity contribution in [3.8, 4) is 0 Å². The highest BCUT2D eigenvalue weighted by molar-refractivity contribution is 5.81. The number of nitrogens with one attached hydrogen (secondary N) is 2. The zero-order valence-corrected chi connectivity index (χ0v) is 11.1. The summed E-state index contributed by atoms with van der Waals surface area (Å²) in [7, 11) is 0. The molecule has 0 aromatic heterocycles. The maximum Gasteiger partial charge on any atom is 0.237 e. The molecule has 1 fully saturated rings. The quantitative estimate of drug-likeness (QED) is 0.769. The van der Waals surface area contributed by atoms with Crippen molar-refractivity contribution >= 4 is 5.91 Å². The fourth-order valence-corrected chi connectivity index (χ4v) is 1.72. The first kappa shape index (κ1) is 13.5. The minimum Gasteiger partial charge on any atom is -0.354 e. The average Bonchev–Trinajstić information content (AvgIpc) is 2.27. The number of hydrogen-bond donors (Lipinski definition) is 2. The molecule has 0 spiro atoms. The summed E-state index contributed by atoms with van der Waals surface area (Å²) in [5.41, 5.74) is 0.171. The molecule has 1 rings (SSSR count). The monoisotopic (exact) mass is 226 g/mol. The lowest BCUT2D eigenvalue weighted by Crippen LogP contribution is -2.49. The van der Waals surface area contributed by atoms with E-state index < -0.39 is 0 Å². The maximum absolute atomic E-state index is 11.9. The first-order valence-electron chi connectivity index (χ1n) is 6.44. The van der Waals surface area contributed by atoms with Crippen LogP contribution in [0.25, 0.3) is 0 Å². The molecule has 0 radical (unpaired) electrons. The van der Waals surface area contributed by atoms with E-state index in [-0.39, 0.29) is 17.4 Å². The molecule has 1 aliphatic rings. The van der Waals surface area contributed by atoms with Crippen LogP contribution in [-0.2, 0) is 4.79 Å². The smallest absolute Gasteiger partial charge is 0.237 e. The van der Waals surface area contributed by atoms with Crippen molar-refractivity contribution in [1.29, 1.82) is 0 Å². The second-order valence-corrected chi connectivity index (χ2v) is 5.86. The van der Waals surface area contributed by atoms with Crippen molar-refractivity contribution in [3.05, 3.63) is 0 Å². The first-order chi connectivity index (χ1) is 7.43. The lowest BCUT2D eigenvalue weighted by molar-refractivity contribution is -0.124. The first-order valence-corrected chi connectivity index (χ1v) is 6.44. The molecular formula is C13H26N2O. The van der Waals surface area contributed by atoms with Crippen LogP contribution in [0.1, 0.15) is 47.0 Å². The summed E-state index contributed by atoms with van der Waals surface area (Å²) in [5, 5.41) is 6.34. The molecule has 16 heavy (non-hydrogen) atoms. The van der Waals surface area contributed by atoms with Crippen molar-refractivity contribution in [1.82, 2.24) is 10.6 Å². The Balaban J connectivity index is 2.34. The molecule has 0 aliphatic carbocycles. The van der Waals surface area contributed by atoms with Gasteiger partial charge >= 0.3 is 0 Å². The molecular weight excluding hydrogens is 200 g/mol. The Hall–Kier alpha value is -0.570. The summed E-state index contributed by atoms with van der Waals surface area (Å²) < 4.78 is 0. The number of carbonyl (C=O) groups excluding carboxylic acids is 1. The zero-order valence-electron chi connectivity index (χ0n) is 11.1. The fourth-order valence-electron chi connectivity index (χ4n) is 1.72. The normalized spacial score (nSPS) is 22.2. The van der Waals surface area contributed by atoms with Crippen molar-refractivity contribution in [2.24, 2.45) is 11.3 Å². The van der Waals surface area contributed by atoms with Gasteiger partial charge in [-0.25, -0.2) is 0 Å². The third-order valence-corrected chi connectivity index (χ3v) is 3.91. The molecule has 1 heterocycles. The minimum absolute atomic E-state index is 0.0386. The molecule has 1 amide bonds. The third kappa shape index (κ3) is 3.78.